The minimum absolute atomic E-state index is 0.366. The van der Waals surface area contributed by atoms with Crippen molar-refractivity contribution in [2.75, 3.05) is 13.1 Å². The molecular weight excluding hydrogens is 288 g/mol. The fourth-order valence-corrected chi connectivity index (χ4v) is 3.44. The predicted molar refractivity (Wildman–Crippen MR) is 89.1 cm³/mol. The van der Waals surface area contributed by atoms with E-state index in [1.54, 1.807) is 0 Å². The van der Waals surface area contributed by atoms with E-state index in [2.05, 4.69) is 29.2 Å². The van der Waals surface area contributed by atoms with Gasteiger partial charge in [-0.3, -0.25) is 14.9 Å². The van der Waals surface area contributed by atoms with E-state index >= 15 is 0 Å². The highest BCUT2D eigenvalue weighted by Gasteiger charge is 2.31. The van der Waals surface area contributed by atoms with Gasteiger partial charge in [-0.15, -0.1) is 0 Å². The predicted octanol–water partition coefficient (Wildman–Crippen LogP) is 3.11. The number of carbonyl (C=O) groups excluding carboxylic acids is 1. The van der Waals surface area contributed by atoms with Crippen molar-refractivity contribution >= 4 is 5.91 Å². The molecule has 1 amide bonds. The number of likely N-dealkylation sites (tertiary alicyclic amines) is 1. The summed E-state index contributed by atoms with van der Waals surface area (Å²) in [6.45, 7) is 1.68. The van der Waals surface area contributed by atoms with Crippen LogP contribution in [0.2, 0.25) is 0 Å². The molecule has 0 spiro atoms. The zero-order valence-corrected chi connectivity index (χ0v) is 13.1. The highest BCUT2D eigenvalue weighted by atomic mass is 16.5. The maximum absolute atomic E-state index is 12.2. The first-order valence-electron chi connectivity index (χ1n) is 8.07. The molecule has 0 bridgehead atoms. The topological polar surface area (TPSA) is 52.6 Å². The minimum atomic E-state index is -0.432. The monoisotopic (exact) mass is 310 g/mol. The van der Waals surface area contributed by atoms with Crippen LogP contribution in [-0.2, 0) is 4.79 Å². The number of amides is 1. The molecule has 4 nitrogen and oxygen atoms in total. The van der Waals surface area contributed by atoms with Gasteiger partial charge in [-0.1, -0.05) is 60.7 Å². The summed E-state index contributed by atoms with van der Waals surface area (Å²) in [7, 11) is 0. The van der Waals surface area contributed by atoms with Crippen molar-refractivity contribution in [2.24, 2.45) is 0 Å². The van der Waals surface area contributed by atoms with Crippen molar-refractivity contribution in [3.63, 3.8) is 0 Å². The molecule has 1 aliphatic heterocycles. The Labute approximate surface area is 136 Å². The Morgan fingerprint density at radius 1 is 1.00 bits per heavy atom. The first-order valence-corrected chi connectivity index (χ1v) is 8.07. The second-order valence-corrected chi connectivity index (χ2v) is 6.01. The van der Waals surface area contributed by atoms with Crippen LogP contribution in [0.3, 0.4) is 0 Å². The molecule has 120 valence electrons. The van der Waals surface area contributed by atoms with Gasteiger partial charge in [0.15, 0.2) is 0 Å². The molecule has 4 heteroatoms. The lowest BCUT2D eigenvalue weighted by molar-refractivity contribution is -0.135. The van der Waals surface area contributed by atoms with Crippen LogP contribution in [0.1, 0.15) is 35.9 Å². The van der Waals surface area contributed by atoms with Crippen LogP contribution < -0.4 is 5.48 Å². The number of nitrogens with one attached hydrogen (secondary N) is 1. The lowest BCUT2D eigenvalue weighted by Crippen LogP contribution is -2.43. The summed E-state index contributed by atoms with van der Waals surface area (Å²) in [5.74, 6) is 0.176. The molecule has 0 aliphatic carbocycles. The van der Waals surface area contributed by atoms with Gasteiger partial charge in [-0.05, 0) is 43.0 Å². The number of hydrogen-bond acceptors (Lipinski definition) is 3. The molecule has 0 radical (unpaired) electrons. The number of nitrogens with zero attached hydrogens (tertiary/aromatic N) is 1. The Morgan fingerprint density at radius 2 is 1.57 bits per heavy atom. The summed E-state index contributed by atoms with van der Waals surface area (Å²) in [4.78, 5) is 14.3. The smallest absolute Gasteiger partial charge is 0.265 e. The van der Waals surface area contributed by atoms with Crippen molar-refractivity contribution in [1.82, 2.24) is 10.4 Å². The molecule has 23 heavy (non-hydrogen) atoms. The second kappa shape index (κ2) is 7.40. The van der Waals surface area contributed by atoms with Crippen molar-refractivity contribution in [2.45, 2.75) is 24.8 Å². The summed E-state index contributed by atoms with van der Waals surface area (Å²) in [6.07, 6.45) is 2.04. The van der Waals surface area contributed by atoms with E-state index in [4.69, 9.17) is 5.21 Å². The molecule has 1 unspecified atom stereocenters. The van der Waals surface area contributed by atoms with Gasteiger partial charge in [0.25, 0.3) is 5.91 Å². The lowest BCUT2D eigenvalue weighted by Gasteiger charge is -2.36. The highest BCUT2D eigenvalue weighted by Crippen LogP contribution is 2.32. The number of hydroxylamine groups is 1. The van der Waals surface area contributed by atoms with E-state index in [1.807, 2.05) is 41.9 Å². The molecule has 1 heterocycles. The van der Waals surface area contributed by atoms with Gasteiger partial charge in [0.2, 0.25) is 0 Å². The SMILES string of the molecule is O=C(NO)C(c1ccccc1)N1CCC(c2ccccc2)CC1. The van der Waals surface area contributed by atoms with Crippen LogP contribution in [0.5, 0.6) is 0 Å². The van der Waals surface area contributed by atoms with Crippen molar-refractivity contribution in [3.8, 4) is 0 Å². The minimum Gasteiger partial charge on any atom is -0.289 e. The molecule has 1 fully saturated rings. The Bertz CT molecular complexity index is 622. The third-order valence-corrected chi connectivity index (χ3v) is 4.64. The number of piperidine rings is 1. The van der Waals surface area contributed by atoms with Gasteiger partial charge in [-0.2, -0.15) is 0 Å². The third kappa shape index (κ3) is 3.60. The molecule has 1 aliphatic rings. The van der Waals surface area contributed by atoms with Gasteiger partial charge < -0.3 is 0 Å². The van der Waals surface area contributed by atoms with Crippen LogP contribution in [0, 0.1) is 0 Å². The largest absolute Gasteiger partial charge is 0.289 e. The second-order valence-electron chi connectivity index (χ2n) is 6.01. The Morgan fingerprint density at radius 3 is 2.13 bits per heavy atom. The van der Waals surface area contributed by atoms with Crippen LogP contribution in [0.4, 0.5) is 0 Å². The fourth-order valence-electron chi connectivity index (χ4n) is 3.44. The first kappa shape index (κ1) is 15.7. The molecule has 1 atom stereocenters. The van der Waals surface area contributed by atoms with Gasteiger partial charge in [0, 0.05) is 0 Å². The van der Waals surface area contributed by atoms with Crippen LogP contribution in [0.15, 0.2) is 60.7 Å². The molecule has 2 aromatic rings. The number of benzene rings is 2. The van der Waals surface area contributed by atoms with Gasteiger partial charge >= 0.3 is 0 Å². The normalized spacial score (nSPS) is 17.6. The molecule has 2 aromatic carbocycles. The standard InChI is InChI=1S/C19H22N2O2/c22-19(20-23)18(17-9-5-2-6-10-17)21-13-11-16(12-14-21)15-7-3-1-4-8-15/h1-10,16,18,23H,11-14H2,(H,20,22). The Hall–Kier alpha value is -2.17. The third-order valence-electron chi connectivity index (χ3n) is 4.64. The maximum Gasteiger partial charge on any atom is 0.265 e. The van der Waals surface area contributed by atoms with Gasteiger partial charge in [0.05, 0.1) is 0 Å². The number of hydrogen-bond donors (Lipinski definition) is 2. The lowest BCUT2D eigenvalue weighted by atomic mass is 9.88. The zero-order valence-electron chi connectivity index (χ0n) is 13.1. The van der Waals surface area contributed by atoms with E-state index in [0.29, 0.717) is 5.92 Å². The molecule has 3 rings (SSSR count). The average Bonchev–Trinajstić information content (AvgIpc) is 2.64. The summed E-state index contributed by atoms with van der Waals surface area (Å²) in [5.41, 5.74) is 4.11. The van der Waals surface area contributed by atoms with E-state index in [-0.39, 0.29) is 5.91 Å². The van der Waals surface area contributed by atoms with Crippen LogP contribution in [0.25, 0.3) is 0 Å². The van der Waals surface area contributed by atoms with E-state index in [9.17, 15) is 4.79 Å². The summed E-state index contributed by atoms with van der Waals surface area (Å²) >= 11 is 0. The van der Waals surface area contributed by atoms with E-state index < -0.39 is 6.04 Å². The molecular formula is C19H22N2O2. The molecule has 1 saturated heterocycles. The Balaban J connectivity index is 1.72. The quantitative estimate of drug-likeness (QED) is 0.674. The van der Waals surface area contributed by atoms with Crippen LogP contribution in [-0.4, -0.2) is 29.1 Å². The van der Waals surface area contributed by atoms with E-state index in [0.717, 1.165) is 31.5 Å². The maximum atomic E-state index is 12.2. The highest BCUT2D eigenvalue weighted by molar-refractivity contribution is 5.82. The number of carbonyl (C=O) groups is 1. The van der Waals surface area contributed by atoms with E-state index in [1.165, 1.54) is 5.56 Å². The van der Waals surface area contributed by atoms with Crippen molar-refractivity contribution in [1.29, 1.82) is 0 Å². The fraction of sp³-hybridized carbons (Fsp3) is 0.316. The summed E-state index contributed by atoms with van der Waals surface area (Å²) in [6, 6.07) is 19.7. The number of rotatable bonds is 4. The van der Waals surface area contributed by atoms with Gasteiger partial charge in [-0.25, -0.2) is 5.48 Å². The van der Waals surface area contributed by atoms with Crippen molar-refractivity contribution in [3.05, 3.63) is 71.8 Å². The summed E-state index contributed by atoms with van der Waals surface area (Å²) < 4.78 is 0. The summed E-state index contributed by atoms with van der Waals surface area (Å²) in [5, 5.41) is 9.10. The van der Waals surface area contributed by atoms with Crippen LogP contribution >= 0.6 is 0 Å². The molecule has 2 N–H and O–H groups in total. The van der Waals surface area contributed by atoms with Crippen molar-refractivity contribution < 1.29 is 10.0 Å². The average molecular weight is 310 g/mol. The van der Waals surface area contributed by atoms with Gasteiger partial charge in [0.1, 0.15) is 6.04 Å². The molecule has 0 aromatic heterocycles. The Kier molecular flexibility index (Phi) is 5.05. The first-order chi connectivity index (χ1) is 11.3. The zero-order chi connectivity index (χ0) is 16.1. The molecule has 0 saturated carbocycles.